The van der Waals surface area contributed by atoms with Gasteiger partial charge in [0.05, 0.1) is 18.3 Å². The fourth-order valence-electron chi connectivity index (χ4n) is 3.91. The zero-order valence-electron chi connectivity index (χ0n) is 13.7. The molecular weight excluding hydrogens is 290 g/mol. The van der Waals surface area contributed by atoms with Crippen molar-refractivity contribution in [2.24, 2.45) is 5.92 Å². The van der Waals surface area contributed by atoms with Crippen molar-refractivity contribution in [3.05, 3.63) is 30.1 Å². The van der Waals surface area contributed by atoms with Gasteiger partial charge in [-0.05, 0) is 37.3 Å². The summed E-state index contributed by atoms with van der Waals surface area (Å²) in [7, 11) is 1.84. The van der Waals surface area contributed by atoms with Gasteiger partial charge in [0.1, 0.15) is 6.10 Å². The lowest BCUT2D eigenvalue weighted by Gasteiger charge is -2.23. The molecule has 3 heterocycles. The summed E-state index contributed by atoms with van der Waals surface area (Å²) in [6.45, 7) is 2.88. The summed E-state index contributed by atoms with van der Waals surface area (Å²) in [5.74, 6) is 0.992. The maximum absolute atomic E-state index is 12.7. The van der Waals surface area contributed by atoms with E-state index in [-0.39, 0.29) is 18.1 Å². The Kier molecular flexibility index (Phi) is 4.07. The van der Waals surface area contributed by atoms with Gasteiger partial charge in [-0.25, -0.2) is 0 Å². The second-order valence-electron chi connectivity index (χ2n) is 7.21. The summed E-state index contributed by atoms with van der Waals surface area (Å²) < 4.78 is 6.08. The van der Waals surface area contributed by atoms with Gasteiger partial charge in [0, 0.05) is 38.8 Å². The lowest BCUT2D eigenvalue weighted by Crippen LogP contribution is -2.38. The topological polar surface area (TPSA) is 45.7 Å². The molecule has 0 aromatic carbocycles. The van der Waals surface area contributed by atoms with Crippen molar-refractivity contribution in [3.8, 4) is 0 Å². The molecule has 2 aliphatic heterocycles. The number of carbonyl (C=O) groups is 1. The number of aromatic nitrogens is 1. The fourth-order valence-corrected chi connectivity index (χ4v) is 3.91. The molecule has 1 aromatic heterocycles. The third-order valence-corrected chi connectivity index (χ3v) is 5.36. The number of fused-ring (bicyclic) bond motifs is 1. The van der Waals surface area contributed by atoms with Crippen LogP contribution in [0, 0.1) is 5.92 Å². The third kappa shape index (κ3) is 3.26. The van der Waals surface area contributed by atoms with E-state index in [1.54, 1.807) is 11.1 Å². The average Bonchev–Trinajstić information content (AvgIpc) is 3.15. The first-order chi connectivity index (χ1) is 11.2. The Labute approximate surface area is 137 Å². The molecule has 1 aliphatic carbocycles. The average molecular weight is 315 g/mol. The van der Waals surface area contributed by atoms with E-state index in [4.69, 9.17) is 4.74 Å². The van der Waals surface area contributed by atoms with Crippen LogP contribution in [0.15, 0.2) is 24.4 Å². The van der Waals surface area contributed by atoms with Gasteiger partial charge >= 0.3 is 0 Å². The second-order valence-corrected chi connectivity index (χ2v) is 7.21. The highest BCUT2D eigenvalue weighted by Crippen LogP contribution is 2.37. The number of likely N-dealkylation sites (tertiary alicyclic amines) is 1. The molecule has 1 amide bonds. The molecule has 5 heteroatoms. The van der Waals surface area contributed by atoms with E-state index >= 15 is 0 Å². The Bertz CT molecular complexity index is 561. The molecule has 5 nitrogen and oxygen atoms in total. The summed E-state index contributed by atoms with van der Waals surface area (Å²) in [6, 6.07) is 6.24. The van der Waals surface area contributed by atoms with Crippen molar-refractivity contribution in [2.75, 3.05) is 20.1 Å². The van der Waals surface area contributed by atoms with Crippen molar-refractivity contribution >= 4 is 5.91 Å². The maximum Gasteiger partial charge on any atom is 0.251 e. The molecule has 1 saturated carbocycles. The minimum Gasteiger partial charge on any atom is -0.363 e. The SMILES string of the molecule is CN(Cc1ccccn1)C(=O)[C@@H]1C[C@@H]2[C@@H](CCN2CC2CC2)O1. The maximum atomic E-state index is 12.7. The molecule has 1 aromatic rings. The minimum atomic E-state index is -0.277. The van der Waals surface area contributed by atoms with Crippen LogP contribution in [-0.2, 0) is 16.1 Å². The molecule has 0 spiro atoms. The van der Waals surface area contributed by atoms with Crippen LogP contribution in [0.5, 0.6) is 0 Å². The predicted octanol–water partition coefficient (Wildman–Crippen LogP) is 1.68. The van der Waals surface area contributed by atoms with E-state index in [1.807, 2.05) is 25.2 Å². The molecule has 4 rings (SSSR count). The summed E-state index contributed by atoms with van der Waals surface area (Å²) >= 11 is 0. The highest BCUT2D eigenvalue weighted by atomic mass is 16.5. The second kappa shape index (κ2) is 6.21. The van der Waals surface area contributed by atoms with Crippen LogP contribution in [0.2, 0.25) is 0 Å². The van der Waals surface area contributed by atoms with Crippen LogP contribution in [0.4, 0.5) is 0 Å². The molecule has 0 radical (unpaired) electrons. The van der Waals surface area contributed by atoms with Crippen molar-refractivity contribution in [1.29, 1.82) is 0 Å². The van der Waals surface area contributed by atoms with Gasteiger partial charge in [0.25, 0.3) is 5.91 Å². The van der Waals surface area contributed by atoms with Crippen molar-refractivity contribution in [2.45, 2.75) is 50.5 Å². The van der Waals surface area contributed by atoms with Gasteiger partial charge < -0.3 is 9.64 Å². The summed E-state index contributed by atoms with van der Waals surface area (Å²) in [5.41, 5.74) is 0.914. The van der Waals surface area contributed by atoms with E-state index in [1.165, 1.54) is 19.4 Å². The zero-order chi connectivity index (χ0) is 15.8. The molecule has 0 N–H and O–H groups in total. The monoisotopic (exact) mass is 315 g/mol. The summed E-state index contributed by atoms with van der Waals surface area (Å²) in [5, 5.41) is 0. The molecule has 124 valence electrons. The van der Waals surface area contributed by atoms with Crippen LogP contribution in [-0.4, -0.2) is 59.1 Å². The molecule has 0 bridgehead atoms. The van der Waals surface area contributed by atoms with E-state index < -0.39 is 0 Å². The van der Waals surface area contributed by atoms with Gasteiger partial charge in [0.2, 0.25) is 0 Å². The van der Waals surface area contributed by atoms with E-state index in [2.05, 4.69) is 9.88 Å². The molecule has 3 fully saturated rings. The third-order valence-electron chi connectivity index (χ3n) is 5.36. The number of hydrogen-bond donors (Lipinski definition) is 0. The number of hydrogen-bond acceptors (Lipinski definition) is 4. The number of amides is 1. The first-order valence-electron chi connectivity index (χ1n) is 8.75. The zero-order valence-corrected chi connectivity index (χ0v) is 13.7. The van der Waals surface area contributed by atoms with E-state index in [0.29, 0.717) is 12.6 Å². The van der Waals surface area contributed by atoms with Crippen LogP contribution in [0.3, 0.4) is 0 Å². The van der Waals surface area contributed by atoms with Crippen molar-refractivity contribution in [3.63, 3.8) is 0 Å². The van der Waals surface area contributed by atoms with Crippen LogP contribution in [0.1, 0.15) is 31.4 Å². The molecular formula is C18H25N3O2. The van der Waals surface area contributed by atoms with Gasteiger partial charge in [-0.3, -0.25) is 14.7 Å². The Hall–Kier alpha value is -1.46. The van der Waals surface area contributed by atoms with Crippen LogP contribution >= 0.6 is 0 Å². The van der Waals surface area contributed by atoms with Crippen LogP contribution < -0.4 is 0 Å². The van der Waals surface area contributed by atoms with E-state index in [0.717, 1.165) is 31.0 Å². The van der Waals surface area contributed by atoms with Gasteiger partial charge in [-0.15, -0.1) is 0 Å². The fraction of sp³-hybridized carbons (Fsp3) is 0.667. The summed E-state index contributed by atoms with van der Waals surface area (Å²) in [4.78, 5) is 21.3. The molecule has 3 atom stereocenters. The standard InChI is InChI=1S/C18H25N3O2/c1-20(12-14-4-2-3-8-19-14)18(22)17-10-15-16(23-17)7-9-21(15)11-13-5-6-13/h2-4,8,13,15-17H,5-7,9-12H2,1H3/t15-,16-,17+/m1/s1. The Morgan fingerprint density at radius 1 is 1.39 bits per heavy atom. The number of nitrogens with zero attached hydrogens (tertiary/aromatic N) is 3. The summed E-state index contributed by atoms with van der Waals surface area (Å²) in [6.07, 6.45) is 6.42. The number of rotatable bonds is 5. The molecule has 2 saturated heterocycles. The Balaban J connectivity index is 1.34. The van der Waals surface area contributed by atoms with Crippen molar-refractivity contribution in [1.82, 2.24) is 14.8 Å². The van der Waals surface area contributed by atoms with Crippen LogP contribution in [0.25, 0.3) is 0 Å². The smallest absolute Gasteiger partial charge is 0.251 e. The molecule has 23 heavy (non-hydrogen) atoms. The largest absolute Gasteiger partial charge is 0.363 e. The highest BCUT2D eigenvalue weighted by Gasteiger charge is 2.47. The highest BCUT2D eigenvalue weighted by molar-refractivity contribution is 5.81. The quantitative estimate of drug-likeness (QED) is 0.829. The van der Waals surface area contributed by atoms with Crippen molar-refractivity contribution < 1.29 is 9.53 Å². The normalized spacial score (nSPS) is 30.4. The minimum absolute atomic E-state index is 0.0939. The molecule has 0 unspecified atom stereocenters. The Morgan fingerprint density at radius 3 is 3.00 bits per heavy atom. The first kappa shape index (κ1) is 15.1. The van der Waals surface area contributed by atoms with E-state index in [9.17, 15) is 4.79 Å². The number of pyridine rings is 1. The van der Waals surface area contributed by atoms with Gasteiger partial charge in [0.15, 0.2) is 0 Å². The number of ether oxygens (including phenoxy) is 1. The number of carbonyl (C=O) groups excluding carboxylic acids is 1. The first-order valence-corrected chi connectivity index (χ1v) is 8.75. The predicted molar refractivity (Wildman–Crippen MR) is 86.7 cm³/mol. The molecule has 3 aliphatic rings. The lowest BCUT2D eigenvalue weighted by atomic mass is 10.1. The van der Waals surface area contributed by atoms with Gasteiger partial charge in [-0.1, -0.05) is 6.07 Å². The van der Waals surface area contributed by atoms with Gasteiger partial charge in [-0.2, -0.15) is 0 Å². The lowest BCUT2D eigenvalue weighted by molar-refractivity contribution is -0.142. The number of likely N-dealkylation sites (N-methyl/N-ethyl adjacent to an activating group) is 1. The Morgan fingerprint density at radius 2 is 2.26 bits per heavy atom.